The van der Waals surface area contributed by atoms with Gasteiger partial charge in [0.05, 0.1) is 6.61 Å². The Bertz CT molecular complexity index is 307. The minimum atomic E-state index is -0.374. The fourth-order valence-corrected chi connectivity index (χ4v) is 2.26. The number of halogens is 1. The summed E-state index contributed by atoms with van der Waals surface area (Å²) >= 11 is 5.44. The molecule has 1 rings (SSSR count). The lowest BCUT2D eigenvalue weighted by Gasteiger charge is -1.97. The highest BCUT2D eigenvalue weighted by Gasteiger charge is 2.59. The predicted molar refractivity (Wildman–Crippen MR) is 57.4 cm³/mol. The van der Waals surface area contributed by atoms with Crippen molar-refractivity contribution in [1.29, 1.82) is 0 Å². The SMILES string of the molecule is CCOC(=O)/C=C\C1C(C(=O)Cl)C1(C)C. The van der Waals surface area contributed by atoms with Crippen molar-refractivity contribution < 1.29 is 14.3 Å². The maximum Gasteiger partial charge on any atom is 0.330 e. The van der Waals surface area contributed by atoms with Crippen LogP contribution in [0.2, 0.25) is 0 Å². The summed E-state index contributed by atoms with van der Waals surface area (Å²) in [5.74, 6) is -0.502. The average Bonchev–Trinajstić information content (AvgIpc) is 2.65. The molecular weight excluding hydrogens is 216 g/mol. The summed E-state index contributed by atoms with van der Waals surface area (Å²) in [7, 11) is 0. The van der Waals surface area contributed by atoms with Crippen molar-refractivity contribution >= 4 is 22.8 Å². The predicted octanol–water partition coefficient (Wildman–Crippen LogP) is 2.14. The van der Waals surface area contributed by atoms with E-state index in [1.807, 2.05) is 13.8 Å². The van der Waals surface area contributed by atoms with Crippen molar-refractivity contribution in [2.45, 2.75) is 20.8 Å². The van der Waals surface area contributed by atoms with Crippen LogP contribution in [0.1, 0.15) is 20.8 Å². The van der Waals surface area contributed by atoms with E-state index in [1.165, 1.54) is 6.08 Å². The number of hydrogen-bond acceptors (Lipinski definition) is 3. The van der Waals surface area contributed by atoms with E-state index >= 15 is 0 Å². The van der Waals surface area contributed by atoms with Crippen LogP contribution in [0.3, 0.4) is 0 Å². The van der Waals surface area contributed by atoms with Gasteiger partial charge in [-0.1, -0.05) is 19.9 Å². The summed E-state index contributed by atoms with van der Waals surface area (Å²) in [6.07, 6.45) is 3.08. The topological polar surface area (TPSA) is 43.4 Å². The quantitative estimate of drug-likeness (QED) is 0.422. The van der Waals surface area contributed by atoms with Crippen molar-refractivity contribution in [3.05, 3.63) is 12.2 Å². The highest BCUT2D eigenvalue weighted by Crippen LogP contribution is 2.59. The molecule has 0 aromatic carbocycles. The lowest BCUT2D eigenvalue weighted by atomic mass is 10.1. The molecule has 0 spiro atoms. The highest BCUT2D eigenvalue weighted by atomic mass is 35.5. The van der Waals surface area contributed by atoms with E-state index in [0.717, 1.165) is 0 Å². The fraction of sp³-hybridized carbons (Fsp3) is 0.636. The van der Waals surface area contributed by atoms with Gasteiger partial charge in [-0.3, -0.25) is 4.79 Å². The molecule has 0 radical (unpaired) electrons. The van der Waals surface area contributed by atoms with E-state index in [0.29, 0.717) is 6.61 Å². The molecule has 2 unspecified atom stereocenters. The lowest BCUT2D eigenvalue weighted by molar-refractivity contribution is -0.137. The number of carbonyl (C=O) groups excluding carboxylic acids is 2. The van der Waals surface area contributed by atoms with E-state index < -0.39 is 0 Å². The molecule has 1 saturated carbocycles. The second-order valence-corrected chi connectivity index (χ2v) is 4.61. The highest BCUT2D eigenvalue weighted by molar-refractivity contribution is 6.64. The molecule has 0 bridgehead atoms. The van der Waals surface area contributed by atoms with E-state index in [-0.39, 0.29) is 28.5 Å². The van der Waals surface area contributed by atoms with Crippen molar-refractivity contribution in [2.75, 3.05) is 6.61 Å². The third-order valence-corrected chi connectivity index (χ3v) is 3.12. The molecule has 1 aliphatic rings. The zero-order valence-electron chi connectivity index (χ0n) is 9.12. The maximum atomic E-state index is 11.0. The Kier molecular flexibility index (Phi) is 3.55. The van der Waals surface area contributed by atoms with E-state index in [2.05, 4.69) is 0 Å². The first-order valence-corrected chi connectivity index (χ1v) is 5.33. The van der Waals surface area contributed by atoms with Crippen LogP contribution >= 0.6 is 11.6 Å². The van der Waals surface area contributed by atoms with Gasteiger partial charge in [0.1, 0.15) is 0 Å². The Labute approximate surface area is 94.4 Å². The minimum absolute atomic E-state index is 0.0481. The van der Waals surface area contributed by atoms with Gasteiger partial charge in [-0.05, 0) is 29.9 Å². The second kappa shape index (κ2) is 4.35. The molecule has 0 aliphatic heterocycles. The molecule has 84 valence electrons. The average molecular weight is 231 g/mol. The van der Waals surface area contributed by atoms with Gasteiger partial charge in [-0.2, -0.15) is 0 Å². The summed E-state index contributed by atoms with van der Waals surface area (Å²) < 4.78 is 4.74. The van der Waals surface area contributed by atoms with Crippen LogP contribution in [-0.2, 0) is 14.3 Å². The van der Waals surface area contributed by atoms with Crippen molar-refractivity contribution in [2.24, 2.45) is 17.3 Å². The first kappa shape index (κ1) is 12.2. The molecule has 0 N–H and O–H groups in total. The number of hydrogen-bond donors (Lipinski definition) is 0. The number of carbonyl (C=O) groups is 2. The summed E-state index contributed by atoms with van der Waals surface area (Å²) in [5.41, 5.74) is -0.137. The van der Waals surface area contributed by atoms with Crippen LogP contribution in [0.15, 0.2) is 12.2 Å². The van der Waals surface area contributed by atoms with Gasteiger partial charge in [0.25, 0.3) is 0 Å². The molecule has 1 fully saturated rings. The standard InChI is InChI=1S/C11H15ClO3/c1-4-15-8(13)6-5-7-9(10(12)14)11(7,2)3/h5-7,9H,4H2,1-3H3/b6-5-. The Morgan fingerprint density at radius 1 is 1.47 bits per heavy atom. The Morgan fingerprint density at radius 3 is 2.47 bits per heavy atom. The normalized spacial score (nSPS) is 27.7. The summed E-state index contributed by atoms with van der Waals surface area (Å²) in [5, 5.41) is -0.335. The van der Waals surface area contributed by atoms with Gasteiger partial charge in [0, 0.05) is 12.0 Å². The van der Waals surface area contributed by atoms with Crippen molar-refractivity contribution in [3.8, 4) is 0 Å². The largest absolute Gasteiger partial charge is 0.463 e. The van der Waals surface area contributed by atoms with Crippen LogP contribution in [-0.4, -0.2) is 17.8 Å². The molecule has 0 aromatic heterocycles. The maximum absolute atomic E-state index is 11.0. The number of allylic oxidation sites excluding steroid dienone is 1. The monoisotopic (exact) mass is 230 g/mol. The van der Waals surface area contributed by atoms with E-state index in [1.54, 1.807) is 13.0 Å². The van der Waals surface area contributed by atoms with Crippen LogP contribution in [0.5, 0.6) is 0 Å². The molecular formula is C11H15ClO3. The molecule has 0 heterocycles. The Morgan fingerprint density at radius 2 is 2.07 bits per heavy atom. The van der Waals surface area contributed by atoms with Gasteiger partial charge >= 0.3 is 5.97 Å². The Balaban J connectivity index is 2.55. The van der Waals surface area contributed by atoms with Crippen LogP contribution in [0.25, 0.3) is 0 Å². The molecule has 3 nitrogen and oxygen atoms in total. The van der Waals surface area contributed by atoms with Crippen LogP contribution < -0.4 is 0 Å². The molecule has 4 heteroatoms. The third kappa shape index (κ3) is 2.59. The zero-order chi connectivity index (χ0) is 11.6. The fourth-order valence-electron chi connectivity index (χ4n) is 1.84. The first-order chi connectivity index (χ1) is 6.91. The minimum Gasteiger partial charge on any atom is -0.463 e. The van der Waals surface area contributed by atoms with Crippen molar-refractivity contribution in [3.63, 3.8) is 0 Å². The van der Waals surface area contributed by atoms with Gasteiger partial charge < -0.3 is 4.74 Å². The second-order valence-electron chi connectivity index (χ2n) is 4.24. The lowest BCUT2D eigenvalue weighted by Crippen LogP contribution is -1.99. The molecule has 1 aliphatic carbocycles. The summed E-state index contributed by atoms with van der Waals surface area (Å²) in [4.78, 5) is 22.1. The molecule has 0 aromatic rings. The van der Waals surface area contributed by atoms with E-state index in [9.17, 15) is 9.59 Å². The first-order valence-electron chi connectivity index (χ1n) is 4.95. The number of rotatable bonds is 4. The van der Waals surface area contributed by atoms with Crippen molar-refractivity contribution in [1.82, 2.24) is 0 Å². The van der Waals surface area contributed by atoms with Crippen LogP contribution in [0, 0.1) is 17.3 Å². The zero-order valence-corrected chi connectivity index (χ0v) is 9.88. The smallest absolute Gasteiger partial charge is 0.330 e. The van der Waals surface area contributed by atoms with Gasteiger partial charge in [-0.25, -0.2) is 4.79 Å². The Hall–Kier alpha value is -0.830. The molecule has 0 amide bonds. The van der Waals surface area contributed by atoms with Gasteiger partial charge in [0.15, 0.2) is 0 Å². The number of esters is 1. The molecule has 15 heavy (non-hydrogen) atoms. The van der Waals surface area contributed by atoms with Gasteiger partial charge in [-0.15, -0.1) is 0 Å². The van der Waals surface area contributed by atoms with E-state index in [4.69, 9.17) is 16.3 Å². The molecule has 2 atom stereocenters. The summed E-state index contributed by atoms with van der Waals surface area (Å²) in [6, 6.07) is 0. The van der Waals surface area contributed by atoms with Gasteiger partial charge in [0.2, 0.25) is 5.24 Å². The number of ether oxygens (including phenoxy) is 1. The summed E-state index contributed by atoms with van der Waals surface area (Å²) in [6.45, 7) is 6.02. The third-order valence-electron chi connectivity index (χ3n) is 2.88. The van der Waals surface area contributed by atoms with Crippen LogP contribution in [0.4, 0.5) is 0 Å². The molecule has 0 saturated heterocycles.